The van der Waals surface area contributed by atoms with Crippen LogP contribution >= 0.6 is 0 Å². The second-order valence-electron chi connectivity index (χ2n) is 9.21. The predicted octanol–water partition coefficient (Wildman–Crippen LogP) is 3.15. The van der Waals surface area contributed by atoms with Crippen molar-refractivity contribution in [1.29, 1.82) is 0 Å². The van der Waals surface area contributed by atoms with Crippen LogP contribution in [0.3, 0.4) is 0 Å². The highest BCUT2D eigenvalue weighted by Crippen LogP contribution is 2.50. The van der Waals surface area contributed by atoms with Crippen molar-refractivity contribution in [1.82, 2.24) is 0 Å². The van der Waals surface area contributed by atoms with Gasteiger partial charge in [0.2, 0.25) is 0 Å². The summed E-state index contributed by atoms with van der Waals surface area (Å²) in [5.41, 5.74) is 1.83. The second kappa shape index (κ2) is 8.52. The van der Waals surface area contributed by atoms with Crippen LogP contribution in [0, 0.1) is 10.8 Å². The van der Waals surface area contributed by atoms with Crippen LogP contribution in [0.2, 0.25) is 0 Å². The number of fused-ring (bicyclic) bond motifs is 1. The molecule has 4 atom stereocenters. The third kappa shape index (κ3) is 4.03. The van der Waals surface area contributed by atoms with E-state index in [4.69, 9.17) is 9.47 Å². The summed E-state index contributed by atoms with van der Waals surface area (Å²) in [5.74, 6) is -0.741. The van der Waals surface area contributed by atoms with Gasteiger partial charge in [-0.3, -0.25) is 9.59 Å². The molecule has 0 amide bonds. The van der Waals surface area contributed by atoms with Gasteiger partial charge in [0.25, 0.3) is 0 Å². The van der Waals surface area contributed by atoms with Gasteiger partial charge in [-0.05, 0) is 58.1 Å². The molecule has 30 heavy (non-hydrogen) atoms. The Hall–Kier alpha value is -2.18. The number of aliphatic hydroxyl groups excluding tert-OH is 2. The maximum Gasteiger partial charge on any atom is 0.320 e. The molecule has 0 bridgehead atoms. The van der Waals surface area contributed by atoms with Crippen molar-refractivity contribution in [3.05, 3.63) is 46.6 Å². The third-order valence-electron chi connectivity index (χ3n) is 6.29. The van der Waals surface area contributed by atoms with Crippen LogP contribution in [0.25, 0.3) is 0 Å². The van der Waals surface area contributed by atoms with Crippen molar-refractivity contribution in [3.8, 4) is 0 Å². The highest BCUT2D eigenvalue weighted by molar-refractivity contribution is 5.87. The van der Waals surface area contributed by atoms with E-state index in [1.807, 2.05) is 45.9 Å². The minimum absolute atomic E-state index is 0.0636. The number of aliphatic hydroxyl groups is 2. The summed E-state index contributed by atoms with van der Waals surface area (Å²) in [4.78, 5) is 25.3. The van der Waals surface area contributed by atoms with E-state index in [0.717, 1.165) is 16.7 Å². The molecule has 1 fully saturated rings. The first kappa shape index (κ1) is 22.5. The van der Waals surface area contributed by atoms with E-state index in [1.54, 1.807) is 6.08 Å². The maximum atomic E-state index is 13.1. The highest BCUT2D eigenvalue weighted by Gasteiger charge is 2.59. The van der Waals surface area contributed by atoms with E-state index in [1.165, 1.54) is 0 Å². The molecule has 0 saturated carbocycles. The first-order chi connectivity index (χ1) is 14.1. The van der Waals surface area contributed by atoms with Gasteiger partial charge in [0.05, 0.1) is 12.7 Å². The number of ether oxygens (including phenoxy) is 2. The molecule has 0 aromatic heterocycles. The van der Waals surface area contributed by atoms with E-state index >= 15 is 0 Å². The minimum atomic E-state index is -1.19. The van der Waals surface area contributed by atoms with Gasteiger partial charge in [-0.25, -0.2) is 0 Å². The Morgan fingerprint density at radius 2 is 1.80 bits per heavy atom. The van der Waals surface area contributed by atoms with Crippen molar-refractivity contribution in [2.75, 3.05) is 13.2 Å². The molecule has 0 aromatic carbocycles. The molecule has 1 aliphatic heterocycles. The zero-order chi connectivity index (χ0) is 22.1. The molecule has 0 radical (unpaired) electrons. The topological polar surface area (TPSA) is 93.1 Å². The number of hydrogen-bond acceptors (Lipinski definition) is 6. The van der Waals surface area contributed by atoms with E-state index in [0.29, 0.717) is 24.8 Å². The van der Waals surface area contributed by atoms with E-state index < -0.39 is 22.9 Å². The Bertz CT molecular complexity index is 840. The molecule has 1 heterocycles. The summed E-state index contributed by atoms with van der Waals surface area (Å²) in [6.45, 7) is 7.71. The minimum Gasteiger partial charge on any atom is -0.460 e. The van der Waals surface area contributed by atoms with Gasteiger partial charge in [-0.2, -0.15) is 0 Å². The van der Waals surface area contributed by atoms with Crippen LogP contribution in [0.15, 0.2) is 46.6 Å². The zero-order valence-corrected chi connectivity index (χ0v) is 18.2. The zero-order valence-electron chi connectivity index (χ0n) is 18.2. The van der Waals surface area contributed by atoms with Crippen molar-refractivity contribution < 1.29 is 29.3 Å². The lowest BCUT2D eigenvalue weighted by Gasteiger charge is -2.41. The molecule has 3 rings (SSSR count). The molecular formula is C24H32O6. The van der Waals surface area contributed by atoms with Crippen molar-refractivity contribution in [3.63, 3.8) is 0 Å². The van der Waals surface area contributed by atoms with Gasteiger partial charge in [0.1, 0.15) is 23.5 Å². The number of hydrogen-bond donors (Lipinski definition) is 2. The van der Waals surface area contributed by atoms with Crippen LogP contribution in [0.5, 0.6) is 0 Å². The molecule has 0 unspecified atom stereocenters. The van der Waals surface area contributed by atoms with Crippen molar-refractivity contribution >= 4 is 11.9 Å². The Labute approximate surface area is 177 Å². The number of rotatable bonds is 8. The summed E-state index contributed by atoms with van der Waals surface area (Å²) in [6, 6.07) is 0. The number of esters is 2. The molecule has 2 aliphatic carbocycles. The summed E-state index contributed by atoms with van der Waals surface area (Å²) in [7, 11) is 0. The molecule has 3 aliphatic rings. The van der Waals surface area contributed by atoms with Gasteiger partial charge in [-0.1, -0.05) is 35.5 Å². The first-order valence-electron chi connectivity index (χ1n) is 10.5. The van der Waals surface area contributed by atoms with Crippen molar-refractivity contribution in [2.45, 2.75) is 65.6 Å². The molecule has 0 aromatic rings. The van der Waals surface area contributed by atoms with E-state index in [2.05, 4.69) is 0 Å². The highest BCUT2D eigenvalue weighted by atomic mass is 16.6. The summed E-state index contributed by atoms with van der Waals surface area (Å²) in [6.07, 6.45) is 8.05. The van der Waals surface area contributed by atoms with E-state index in [-0.39, 0.29) is 31.7 Å². The Kier molecular flexibility index (Phi) is 6.39. The third-order valence-corrected chi connectivity index (χ3v) is 6.29. The first-order valence-corrected chi connectivity index (χ1v) is 10.5. The molecular weight excluding hydrogens is 384 g/mol. The lowest BCUT2D eigenvalue weighted by molar-refractivity contribution is -0.194. The van der Waals surface area contributed by atoms with Crippen LogP contribution in [0.1, 0.15) is 53.4 Å². The normalized spacial score (nSPS) is 31.7. The fourth-order valence-electron chi connectivity index (χ4n) is 4.40. The molecule has 6 heteroatoms. The number of allylic oxidation sites excluding steroid dienone is 4. The molecule has 6 nitrogen and oxygen atoms in total. The lowest BCUT2D eigenvalue weighted by atomic mass is 9.77. The molecule has 0 spiro atoms. The SMILES string of the molecule is CC(C)=CC[C@@]12C=C(COC(=O)[C@]3(CC=C(C)C)C=C(CO)C[C@@H]3O)C[C@@H]1OC2=O. The number of carbonyl (C=O) groups excluding carboxylic acids is 2. The fourth-order valence-corrected chi connectivity index (χ4v) is 4.40. The predicted molar refractivity (Wildman–Crippen MR) is 112 cm³/mol. The summed E-state index contributed by atoms with van der Waals surface area (Å²) in [5, 5.41) is 20.1. The Balaban J connectivity index is 1.74. The van der Waals surface area contributed by atoms with Crippen LogP contribution in [-0.2, 0) is 19.1 Å². The van der Waals surface area contributed by atoms with Gasteiger partial charge in [0, 0.05) is 6.42 Å². The lowest BCUT2D eigenvalue weighted by Crippen LogP contribution is -2.52. The van der Waals surface area contributed by atoms with Crippen LogP contribution in [-0.4, -0.2) is 47.6 Å². The molecule has 1 saturated heterocycles. The average Bonchev–Trinajstić information content (AvgIpc) is 3.17. The summed E-state index contributed by atoms with van der Waals surface area (Å²) < 4.78 is 11.0. The van der Waals surface area contributed by atoms with Crippen LogP contribution < -0.4 is 0 Å². The Morgan fingerprint density at radius 3 is 2.37 bits per heavy atom. The fraction of sp³-hybridized carbons (Fsp3) is 0.583. The van der Waals surface area contributed by atoms with Gasteiger partial charge >= 0.3 is 11.9 Å². The van der Waals surface area contributed by atoms with Gasteiger partial charge in [0.15, 0.2) is 0 Å². The maximum absolute atomic E-state index is 13.1. The summed E-state index contributed by atoms with van der Waals surface area (Å²) >= 11 is 0. The van der Waals surface area contributed by atoms with Crippen molar-refractivity contribution in [2.24, 2.45) is 10.8 Å². The second-order valence-corrected chi connectivity index (χ2v) is 9.21. The average molecular weight is 417 g/mol. The smallest absolute Gasteiger partial charge is 0.320 e. The van der Waals surface area contributed by atoms with E-state index in [9.17, 15) is 19.8 Å². The quantitative estimate of drug-likeness (QED) is 0.466. The molecule has 2 N–H and O–H groups in total. The molecule has 164 valence electrons. The standard InChI is InChI=1S/C24H32O6/c1-15(2)5-7-23(11-17(13-25)9-19(23)26)21(27)29-14-18-10-20-24(12-18,22(28)30-20)8-6-16(3)4/h5-6,11-12,19-20,25-26H,7-10,13-14H2,1-4H3/t19-,20-,23+,24+/m0/s1. The van der Waals surface area contributed by atoms with Crippen LogP contribution in [0.4, 0.5) is 0 Å². The van der Waals surface area contributed by atoms with Gasteiger partial charge < -0.3 is 19.7 Å². The monoisotopic (exact) mass is 416 g/mol. The Morgan fingerprint density at radius 1 is 1.13 bits per heavy atom. The largest absolute Gasteiger partial charge is 0.460 e. The number of carbonyl (C=O) groups is 2. The van der Waals surface area contributed by atoms with Gasteiger partial charge in [-0.15, -0.1) is 0 Å².